The lowest BCUT2D eigenvalue weighted by molar-refractivity contribution is 0.693. The first kappa shape index (κ1) is 12.1. The van der Waals surface area contributed by atoms with Crippen molar-refractivity contribution >= 4 is 33.9 Å². The lowest BCUT2D eigenvalue weighted by atomic mass is 10.0. The summed E-state index contributed by atoms with van der Waals surface area (Å²) >= 11 is 4.16. The van der Waals surface area contributed by atoms with Gasteiger partial charge in [0.25, 0.3) is 0 Å². The summed E-state index contributed by atoms with van der Waals surface area (Å²) in [5.74, 6) is 0. The molecule has 0 bridgehead atoms. The average molecular weight is 343 g/mol. The highest BCUT2D eigenvalue weighted by molar-refractivity contribution is 14.1. The zero-order valence-electron chi connectivity index (χ0n) is 9.33. The first-order valence-corrected chi connectivity index (χ1v) is 7.14. The Morgan fingerprint density at radius 1 is 1.25 bits per heavy atom. The van der Waals surface area contributed by atoms with E-state index in [2.05, 4.69) is 70.5 Å². The fourth-order valence-corrected chi connectivity index (χ4v) is 3.12. The van der Waals surface area contributed by atoms with Gasteiger partial charge in [-0.1, -0.05) is 12.1 Å². The average Bonchev–Trinajstić information content (AvgIpc) is 2.66. The summed E-state index contributed by atoms with van der Waals surface area (Å²) in [6.07, 6.45) is 0. The molecule has 1 atom stereocenters. The maximum absolute atomic E-state index is 3.38. The van der Waals surface area contributed by atoms with Gasteiger partial charge in [0.15, 0.2) is 0 Å². The zero-order chi connectivity index (χ0) is 11.5. The Balaban J connectivity index is 2.36. The SMILES string of the molecule is CNC(c1cccc(I)c1)c1csc(C)c1. The standard InChI is InChI=1S/C13H14INS/c1-9-6-11(8-16-9)13(15-2)10-4-3-5-12(14)7-10/h3-8,13,15H,1-2H3. The van der Waals surface area contributed by atoms with Crippen LogP contribution in [0.1, 0.15) is 22.0 Å². The van der Waals surface area contributed by atoms with Gasteiger partial charge >= 0.3 is 0 Å². The molecule has 0 amide bonds. The number of rotatable bonds is 3. The molecule has 16 heavy (non-hydrogen) atoms. The van der Waals surface area contributed by atoms with Crippen molar-refractivity contribution in [2.45, 2.75) is 13.0 Å². The van der Waals surface area contributed by atoms with Gasteiger partial charge in [-0.15, -0.1) is 11.3 Å². The maximum Gasteiger partial charge on any atom is 0.0582 e. The Bertz CT molecular complexity index is 478. The summed E-state index contributed by atoms with van der Waals surface area (Å²) in [6, 6.07) is 11.2. The van der Waals surface area contributed by atoms with Gasteiger partial charge in [0.05, 0.1) is 6.04 Å². The van der Waals surface area contributed by atoms with Gasteiger partial charge in [-0.3, -0.25) is 0 Å². The van der Waals surface area contributed by atoms with E-state index in [1.165, 1.54) is 19.6 Å². The second-order valence-electron chi connectivity index (χ2n) is 3.77. The number of thiophene rings is 1. The number of halogens is 1. The second-order valence-corrected chi connectivity index (χ2v) is 6.13. The van der Waals surface area contributed by atoms with Gasteiger partial charge in [-0.05, 0) is 71.3 Å². The summed E-state index contributed by atoms with van der Waals surface area (Å²) in [7, 11) is 2.01. The molecule has 2 aromatic rings. The summed E-state index contributed by atoms with van der Waals surface area (Å²) in [4.78, 5) is 1.36. The molecule has 0 spiro atoms. The minimum absolute atomic E-state index is 0.305. The fourth-order valence-electron chi connectivity index (χ4n) is 1.83. The Morgan fingerprint density at radius 2 is 2.06 bits per heavy atom. The van der Waals surface area contributed by atoms with Crippen LogP contribution in [0.5, 0.6) is 0 Å². The molecule has 0 aliphatic heterocycles. The highest BCUT2D eigenvalue weighted by Gasteiger charge is 2.12. The minimum Gasteiger partial charge on any atom is -0.309 e. The number of benzene rings is 1. The van der Waals surface area contributed by atoms with Crippen LogP contribution < -0.4 is 5.32 Å². The van der Waals surface area contributed by atoms with E-state index in [0.717, 1.165) is 0 Å². The molecule has 0 fully saturated rings. The first-order chi connectivity index (χ1) is 7.70. The third-order valence-corrected chi connectivity index (χ3v) is 4.11. The van der Waals surface area contributed by atoms with Crippen molar-refractivity contribution < 1.29 is 0 Å². The van der Waals surface area contributed by atoms with Crippen LogP contribution in [0.15, 0.2) is 35.7 Å². The molecule has 1 nitrogen and oxygen atoms in total. The number of hydrogen-bond donors (Lipinski definition) is 1. The molecule has 0 aliphatic carbocycles. The summed E-state index contributed by atoms with van der Waals surface area (Å²) in [6.45, 7) is 2.15. The molecule has 1 heterocycles. The number of aryl methyl sites for hydroxylation is 1. The van der Waals surface area contributed by atoms with E-state index < -0.39 is 0 Å². The van der Waals surface area contributed by atoms with Crippen molar-refractivity contribution in [2.75, 3.05) is 7.05 Å². The number of hydrogen-bond acceptors (Lipinski definition) is 2. The predicted molar refractivity (Wildman–Crippen MR) is 79.1 cm³/mol. The molecule has 1 N–H and O–H groups in total. The van der Waals surface area contributed by atoms with E-state index in [0.29, 0.717) is 6.04 Å². The molecule has 0 saturated heterocycles. The highest BCUT2D eigenvalue weighted by Crippen LogP contribution is 2.26. The van der Waals surface area contributed by atoms with Crippen LogP contribution in [0.3, 0.4) is 0 Å². The van der Waals surface area contributed by atoms with E-state index in [4.69, 9.17) is 0 Å². The molecule has 0 saturated carbocycles. The molecule has 1 aromatic carbocycles. The van der Waals surface area contributed by atoms with Crippen LogP contribution in [-0.4, -0.2) is 7.05 Å². The maximum atomic E-state index is 3.38. The van der Waals surface area contributed by atoms with Crippen molar-refractivity contribution in [1.82, 2.24) is 5.32 Å². The van der Waals surface area contributed by atoms with Crippen molar-refractivity contribution in [2.24, 2.45) is 0 Å². The summed E-state index contributed by atoms with van der Waals surface area (Å²) in [5.41, 5.74) is 2.68. The topological polar surface area (TPSA) is 12.0 Å². The monoisotopic (exact) mass is 343 g/mol. The van der Waals surface area contributed by atoms with Crippen LogP contribution in [0.4, 0.5) is 0 Å². The molecular formula is C13H14INS. The second kappa shape index (κ2) is 5.29. The molecule has 1 unspecified atom stereocenters. The first-order valence-electron chi connectivity index (χ1n) is 5.18. The van der Waals surface area contributed by atoms with Gasteiger partial charge in [-0.25, -0.2) is 0 Å². The quantitative estimate of drug-likeness (QED) is 0.832. The van der Waals surface area contributed by atoms with Crippen LogP contribution in [0, 0.1) is 10.5 Å². The molecule has 2 rings (SSSR count). The molecule has 3 heteroatoms. The van der Waals surface area contributed by atoms with Gasteiger partial charge in [0, 0.05) is 8.45 Å². The van der Waals surface area contributed by atoms with Crippen molar-refractivity contribution in [3.05, 3.63) is 55.3 Å². The molecule has 0 aliphatic rings. The Hall–Kier alpha value is -0.390. The van der Waals surface area contributed by atoms with Crippen molar-refractivity contribution in [1.29, 1.82) is 0 Å². The van der Waals surface area contributed by atoms with E-state index in [1.807, 2.05) is 7.05 Å². The van der Waals surface area contributed by atoms with Crippen LogP contribution in [-0.2, 0) is 0 Å². The van der Waals surface area contributed by atoms with E-state index >= 15 is 0 Å². The lowest BCUT2D eigenvalue weighted by Gasteiger charge is -2.15. The number of nitrogens with one attached hydrogen (secondary N) is 1. The molecule has 84 valence electrons. The molecular weight excluding hydrogens is 329 g/mol. The largest absolute Gasteiger partial charge is 0.309 e. The Morgan fingerprint density at radius 3 is 2.62 bits per heavy atom. The Kier molecular flexibility index (Phi) is 4.00. The molecule has 0 radical (unpaired) electrons. The van der Waals surface area contributed by atoms with Gasteiger partial charge in [-0.2, -0.15) is 0 Å². The fraction of sp³-hybridized carbons (Fsp3) is 0.231. The van der Waals surface area contributed by atoms with Crippen molar-refractivity contribution in [3.8, 4) is 0 Å². The van der Waals surface area contributed by atoms with Gasteiger partial charge in [0.2, 0.25) is 0 Å². The van der Waals surface area contributed by atoms with Gasteiger partial charge < -0.3 is 5.32 Å². The third kappa shape index (κ3) is 2.64. The van der Waals surface area contributed by atoms with Gasteiger partial charge in [0.1, 0.15) is 0 Å². The van der Waals surface area contributed by atoms with E-state index in [9.17, 15) is 0 Å². The third-order valence-electron chi connectivity index (χ3n) is 2.55. The summed E-state index contributed by atoms with van der Waals surface area (Å²) < 4.78 is 1.28. The summed E-state index contributed by atoms with van der Waals surface area (Å²) in [5, 5.41) is 5.61. The van der Waals surface area contributed by atoms with Crippen molar-refractivity contribution in [3.63, 3.8) is 0 Å². The minimum atomic E-state index is 0.305. The molecule has 1 aromatic heterocycles. The Labute approximate surface area is 114 Å². The predicted octanol–water partition coefficient (Wildman–Crippen LogP) is 3.97. The van der Waals surface area contributed by atoms with Crippen LogP contribution >= 0.6 is 33.9 Å². The zero-order valence-corrected chi connectivity index (χ0v) is 12.3. The lowest BCUT2D eigenvalue weighted by Crippen LogP contribution is -2.16. The van der Waals surface area contributed by atoms with Crippen LogP contribution in [0.2, 0.25) is 0 Å². The smallest absolute Gasteiger partial charge is 0.0582 e. The normalized spacial score (nSPS) is 12.7. The van der Waals surface area contributed by atoms with E-state index in [-0.39, 0.29) is 0 Å². The van der Waals surface area contributed by atoms with E-state index in [1.54, 1.807) is 11.3 Å². The highest BCUT2D eigenvalue weighted by atomic mass is 127. The van der Waals surface area contributed by atoms with Crippen LogP contribution in [0.25, 0.3) is 0 Å².